The molecule has 0 aliphatic carbocycles. The Kier molecular flexibility index (Phi) is 4.54. The number of piperidine rings is 1. The number of nitrogens with zero attached hydrogens (tertiary/aromatic N) is 2. The van der Waals surface area contributed by atoms with Gasteiger partial charge in [0, 0.05) is 25.8 Å². The molecule has 2 rings (SSSR count). The lowest BCUT2D eigenvalue weighted by molar-refractivity contribution is 0.268. The van der Waals surface area contributed by atoms with Gasteiger partial charge in [-0.3, -0.25) is 0 Å². The van der Waals surface area contributed by atoms with Gasteiger partial charge in [0.25, 0.3) is 10.0 Å². The van der Waals surface area contributed by atoms with E-state index in [1.165, 1.54) is 6.20 Å². The fourth-order valence-corrected chi connectivity index (χ4v) is 3.76. The van der Waals surface area contributed by atoms with Gasteiger partial charge in [0.05, 0.1) is 0 Å². The van der Waals surface area contributed by atoms with Crippen LogP contribution in [-0.2, 0) is 16.6 Å². The van der Waals surface area contributed by atoms with Crippen LogP contribution in [0.3, 0.4) is 0 Å². The molecular weight excluding hydrogens is 262 g/mol. The summed E-state index contributed by atoms with van der Waals surface area (Å²) in [6.45, 7) is 3.72. The first-order valence-electron chi connectivity index (χ1n) is 6.73. The zero-order chi connectivity index (χ0) is 13.9. The molecule has 1 fully saturated rings. The van der Waals surface area contributed by atoms with Crippen LogP contribution in [0.5, 0.6) is 0 Å². The minimum absolute atomic E-state index is 0.125. The second kappa shape index (κ2) is 5.98. The normalized spacial score (nSPS) is 18.6. The maximum Gasteiger partial charge on any atom is 0.260 e. The molecule has 0 radical (unpaired) electrons. The molecule has 19 heavy (non-hydrogen) atoms. The first kappa shape index (κ1) is 14.4. The molecule has 0 atom stereocenters. The molecule has 5 nitrogen and oxygen atoms in total. The molecule has 1 aliphatic heterocycles. The van der Waals surface area contributed by atoms with Gasteiger partial charge in [0.15, 0.2) is 5.03 Å². The van der Waals surface area contributed by atoms with Crippen LogP contribution in [0.1, 0.15) is 31.7 Å². The third kappa shape index (κ3) is 3.13. The Morgan fingerprint density at radius 2 is 2.05 bits per heavy atom. The second-order valence-corrected chi connectivity index (χ2v) is 6.85. The molecule has 1 aromatic rings. The molecule has 0 bridgehead atoms. The Labute approximate surface area is 114 Å². The highest BCUT2D eigenvalue weighted by atomic mass is 32.2. The Balaban J connectivity index is 2.13. The summed E-state index contributed by atoms with van der Waals surface area (Å²) in [6.07, 6.45) is 4.54. The number of aromatic nitrogens is 1. The summed E-state index contributed by atoms with van der Waals surface area (Å²) in [6, 6.07) is 3.27. The molecule has 1 aliphatic rings. The summed E-state index contributed by atoms with van der Waals surface area (Å²) >= 11 is 0. The van der Waals surface area contributed by atoms with Crippen molar-refractivity contribution in [1.82, 2.24) is 9.29 Å². The third-order valence-electron chi connectivity index (χ3n) is 3.79. The summed E-state index contributed by atoms with van der Waals surface area (Å²) in [5, 5.41) is 0.125. The van der Waals surface area contributed by atoms with Gasteiger partial charge in [-0.15, -0.1) is 0 Å². The Morgan fingerprint density at radius 1 is 1.37 bits per heavy atom. The SMILES string of the molecule is CCC1CCN(S(=O)(=O)c2ccc(CN)cn2)CC1. The smallest absolute Gasteiger partial charge is 0.260 e. The van der Waals surface area contributed by atoms with E-state index in [1.807, 2.05) is 0 Å². The van der Waals surface area contributed by atoms with Crippen LogP contribution in [0, 0.1) is 5.92 Å². The molecule has 2 N–H and O–H groups in total. The zero-order valence-electron chi connectivity index (χ0n) is 11.2. The van der Waals surface area contributed by atoms with Crippen LogP contribution in [0.25, 0.3) is 0 Å². The van der Waals surface area contributed by atoms with Gasteiger partial charge in [0.2, 0.25) is 0 Å². The topological polar surface area (TPSA) is 76.3 Å². The van der Waals surface area contributed by atoms with Crippen molar-refractivity contribution in [2.24, 2.45) is 11.7 Å². The maximum absolute atomic E-state index is 12.4. The van der Waals surface area contributed by atoms with E-state index in [0.29, 0.717) is 25.6 Å². The van der Waals surface area contributed by atoms with E-state index in [4.69, 9.17) is 5.73 Å². The molecule has 106 valence electrons. The molecular formula is C13H21N3O2S. The average molecular weight is 283 g/mol. The second-order valence-electron chi connectivity index (χ2n) is 4.96. The summed E-state index contributed by atoms with van der Waals surface area (Å²) in [5.41, 5.74) is 6.32. The lowest BCUT2D eigenvalue weighted by Gasteiger charge is -2.30. The van der Waals surface area contributed by atoms with E-state index in [2.05, 4.69) is 11.9 Å². The molecule has 2 heterocycles. The van der Waals surface area contributed by atoms with Gasteiger partial charge in [-0.05, 0) is 30.4 Å². The van der Waals surface area contributed by atoms with Crippen molar-refractivity contribution in [3.63, 3.8) is 0 Å². The predicted octanol–water partition coefficient (Wildman–Crippen LogP) is 1.35. The molecule has 1 aromatic heterocycles. The molecule has 0 unspecified atom stereocenters. The molecule has 1 saturated heterocycles. The minimum Gasteiger partial charge on any atom is -0.326 e. The van der Waals surface area contributed by atoms with Crippen molar-refractivity contribution < 1.29 is 8.42 Å². The molecule has 0 amide bonds. The molecule has 0 aromatic carbocycles. The van der Waals surface area contributed by atoms with E-state index in [1.54, 1.807) is 16.4 Å². The van der Waals surface area contributed by atoms with Gasteiger partial charge in [-0.25, -0.2) is 13.4 Å². The largest absolute Gasteiger partial charge is 0.326 e. The van der Waals surface area contributed by atoms with Crippen molar-refractivity contribution in [3.8, 4) is 0 Å². The summed E-state index contributed by atoms with van der Waals surface area (Å²) in [5.74, 6) is 0.652. The van der Waals surface area contributed by atoms with Crippen LogP contribution in [0.15, 0.2) is 23.4 Å². The van der Waals surface area contributed by atoms with Gasteiger partial charge in [0.1, 0.15) is 0 Å². The van der Waals surface area contributed by atoms with Crippen molar-refractivity contribution in [3.05, 3.63) is 23.9 Å². The Morgan fingerprint density at radius 3 is 2.53 bits per heavy atom. The van der Waals surface area contributed by atoms with Crippen molar-refractivity contribution in [2.75, 3.05) is 13.1 Å². The third-order valence-corrected chi connectivity index (χ3v) is 5.60. The molecule has 0 spiro atoms. The van der Waals surface area contributed by atoms with Crippen LogP contribution >= 0.6 is 0 Å². The lowest BCUT2D eigenvalue weighted by atomic mass is 9.96. The number of hydrogen-bond acceptors (Lipinski definition) is 4. The highest BCUT2D eigenvalue weighted by molar-refractivity contribution is 7.89. The van der Waals surface area contributed by atoms with E-state index >= 15 is 0 Å². The molecule has 0 saturated carbocycles. The van der Waals surface area contributed by atoms with E-state index < -0.39 is 10.0 Å². The van der Waals surface area contributed by atoms with Crippen molar-refractivity contribution in [1.29, 1.82) is 0 Å². The number of nitrogens with two attached hydrogens (primary N) is 1. The summed E-state index contributed by atoms with van der Waals surface area (Å²) < 4.78 is 26.4. The van der Waals surface area contributed by atoms with E-state index in [0.717, 1.165) is 24.8 Å². The Bertz CT molecular complexity index is 505. The fourth-order valence-electron chi connectivity index (χ4n) is 2.37. The highest BCUT2D eigenvalue weighted by Gasteiger charge is 2.29. The minimum atomic E-state index is -3.44. The monoisotopic (exact) mass is 283 g/mol. The van der Waals surface area contributed by atoms with Crippen LogP contribution in [0.2, 0.25) is 0 Å². The van der Waals surface area contributed by atoms with Crippen molar-refractivity contribution >= 4 is 10.0 Å². The standard InChI is InChI=1S/C13H21N3O2S/c1-2-11-5-7-16(8-6-11)19(17,18)13-4-3-12(9-14)10-15-13/h3-4,10-11H,2,5-9,14H2,1H3. The van der Waals surface area contributed by atoms with Crippen LogP contribution in [-0.4, -0.2) is 30.8 Å². The highest BCUT2D eigenvalue weighted by Crippen LogP contribution is 2.24. The van der Waals surface area contributed by atoms with Crippen molar-refractivity contribution in [2.45, 2.75) is 37.8 Å². The maximum atomic E-state index is 12.4. The predicted molar refractivity (Wildman–Crippen MR) is 73.9 cm³/mol. The summed E-state index contributed by atoms with van der Waals surface area (Å²) in [7, 11) is -3.44. The van der Waals surface area contributed by atoms with E-state index in [-0.39, 0.29) is 5.03 Å². The number of rotatable bonds is 4. The van der Waals surface area contributed by atoms with Crippen LogP contribution < -0.4 is 5.73 Å². The zero-order valence-corrected chi connectivity index (χ0v) is 12.1. The lowest BCUT2D eigenvalue weighted by Crippen LogP contribution is -2.38. The summed E-state index contributed by atoms with van der Waals surface area (Å²) in [4.78, 5) is 4.03. The number of pyridine rings is 1. The van der Waals surface area contributed by atoms with E-state index in [9.17, 15) is 8.42 Å². The van der Waals surface area contributed by atoms with Crippen LogP contribution in [0.4, 0.5) is 0 Å². The molecule has 6 heteroatoms. The average Bonchev–Trinajstić information content (AvgIpc) is 2.47. The number of sulfonamides is 1. The Hall–Kier alpha value is -0.980. The number of hydrogen-bond donors (Lipinski definition) is 1. The fraction of sp³-hybridized carbons (Fsp3) is 0.615. The van der Waals surface area contributed by atoms with Gasteiger partial charge >= 0.3 is 0 Å². The quantitative estimate of drug-likeness (QED) is 0.905. The van der Waals surface area contributed by atoms with Gasteiger partial charge in [-0.1, -0.05) is 19.4 Å². The first-order chi connectivity index (χ1) is 9.07. The first-order valence-corrected chi connectivity index (χ1v) is 8.17. The van der Waals surface area contributed by atoms with Gasteiger partial charge in [-0.2, -0.15) is 4.31 Å². The van der Waals surface area contributed by atoms with Gasteiger partial charge < -0.3 is 5.73 Å².